The first kappa shape index (κ1) is 24.1. The number of nitrogens with zero attached hydrogens (tertiary/aromatic N) is 1. The number of nitrogens with one attached hydrogen (secondary N) is 2. The Hall–Kier alpha value is -3.03. The summed E-state index contributed by atoms with van der Waals surface area (Å²) in [5.74, 6) is 0.00352. The van der Waals surface area contributed by atoms with Gasteiger partial charge in [-0.05, 0) is 66.8 Å². The van der Waals surface area contributed by atoms with E-state index in [2.05, 4.69) is 10.0 Å². The van der Waals surface area contributed by atoms with Gasteiger partial charge < -0.3 is 10.2 Å². The van der Waals surface area contributed by atoms with Gasteiger partial charge in [0.25, 0.3) is 5.91 Å². The first-order valence-corrected chi connectivity index (χ1v) is 13.0. The summed E-state index contributed by atoms with van der Waals surface area (Å²) in [6, 6.07) is 18.8. The highest BCUT2D eigenvalue weighted by atomic mass is 32.2. The molecular formula is C27H31N3O3S. The summed E-state index contributed by atoms with van der Waals surface area (Å²) in [6.45, 7) is 5.37. The number of likely N-dealkylation sites (tertiary alicyclic amines) is 1. The van der Waals surface area contributed by atoms with Crippen molar-refractivity contribution in [1.82, 2.24) is 9.62 Å². The second kappa shape index (κ2) is 10.9. The summed E-state index contributed by atoms with van der Waals surface area (Å²) in [6.07, 6.45) is 2.99. The Kier molecular flexibility index (Phi) is 7.75. The Bertz CT molecular complexity index is 1220. The van der Waals surface area contributed by atoms with E-state index < -0.39 is 11.0 Å². The summed E-state index contributed by atoms with van der Waals surface area (Å²) in [7, 11) is -1.43. The molecule has 3 aromatic carbocycles. The van der Waals surface area contributed by atoms with Crippen molar-refractivity contribution in [3.8, 4) is 0 Å². The van der Waals surface area contributed by atoms with Crippen LogP contribution in [-0.2, 0) is 15.8 Å². The largest absolute Gasteiger partial charge is 0.343 e. The van der Waals surface area contributed by atoms with Gasteiger partial charge in [0.1, 0.15) is 11.0 Å². The number of carbonyl (C=O) groups excluding carboxylic acids is 2. The van der Waals surface area contributed by atoms with Crippen LogP contribution in [0, 0.1) is 6.92 Å². The van der Waals surface area contributed by atoms with Crippen LogP contribution in [0.25, 0.3) is 10.8 Å². The van der Waals surface area contributed by atoms with E-state index in [0.717, 1.165) is 41.3 Å². The zero-order valence-corrected chi connectivity index (χ0v) is 20.5. The van der Waals surface area contributed by atoms with Gasteiger partial charge in [0, 0.05) is 36.8 Å². The van der Waals surface area contributed by atoms with Crippen LogP contribution in [-0.4, -0.2) is 40.1 Å². The molecule has 1 aliphatic rings. The van der Waals surface area contributed by atoms with Crippen LogP contribution >= 0.6 is 0 Å². The van der Waals surface area contributed by atoms with Crippen LogP contribution < -0.4 is 10.0 Å². The zero-order valence-electron chi connectivity index (χ0n) is 19.7. The zero-order chi connectivity index (χ0) is 24.1. The number of carbonyl (C=O) groups is 2. The normalized spacial score (nSPS) is 15.3. The van der Waals surface area contributed by atoms with Crippen LogP contribution in [0.1, 0.15) is 48.5 Å². The minimum Gasteiger partial charge on any atom is -0.343 e. The van der Waals surface area contributed by atoms with E-state index in [0.29, 0.717) is 30.0 Å². The molecular weight excluding hydrogens is 446 g/mol. The third kappa shape index (κ3) is 5.54. The molecule has 7 heteroatoms. The number of rotatable bonds is 7. The van der Waals surface area contributed by atoms with E-state index in [1.807, 2.05) is 67.3 Å². The van der Waals surface area contributed by atoms with E-state index in [-0.39, 0.29) is 17.9 Å². The van der Waals surface area contributed by atoms with Gasteiger partial charge in [-0.2, -0.15) is 0 Å². The molecule has 2 amide bonds. The molecule has 1 aliphatic heterocycles. The van der Waals surface area contributed by atoms with Gasteiger partial charge >= 0.3 is 0 Å². The molecule has 1 heterocycles. The average molecular weight is 478 g/mol. The SMILES string of the molecule is CCCC(=O)N1CCC(NS(=O)c2ccc(C(=O)Nc3cccc(C)c3)c3ccccc23)CC1. The van der Waals surface area contributed by atoms with Crippen molar-refractivity contribution in [2.75, 3.05) is 18.4 Å². The Morgan fingerprint density at radius 3 is 2.44 bits per heavy atom. The van der Waals surface area contributed by atoms with Crippen molar-refractivity contribution in [3.63, 3.8) is 0 Å². The first-order valence-electron chi connectivity index (χ1n) is 11.8. The van der Waals surface area contributed by atoms with Gasteiger partial charge in [-0.1, -0.05) is 43.3 Å². The van der Waals surface area contributed by atoms with E-state index >= 15 is 0 Å². The Morgan fingerprint density at radius 2 is 1.74 bits per heavy atom. The minimum absolute atomic E-state index is 0.0783. The lowest BCUT2D eigenvalue weighted by Crippen LogP contribution is -2.45. The lowest BCUT2D eigenvalue weighted by molar-refractivity contribution is -0.132. The van der Waals surface area contributed by atoms with Crippen molar-refractivity contribution >= 4 is 39.3 Å². The maximum atomic E-state index is 13.3. The van der Waals surface area contributed by atoms with Gasteiger partial charge in [-0.15, -0.1) is 0 Å². The molecule has 2 N–H and O–H groups in total. The summed E-state index contributed by atoms with van der Waals surface area (Å²) in [5, 5.41) is 4.52. The fraction of sp³-hybridized carbons (Fsp3) is 0.333. The van der Waals surface area contributed by atoms with Gasteiger partial charge in [-0.3, -0.25) is 9.59 Å². The molecule has 0 aliphatic carbocycles. The van der Waals surface area contributed by atoms with Gasteiger partial charge in [0.05, 0.1) is 4.90 Å². The second-order valence-corrected chi connectivity index (χ2v) is 9.99. The topological polar surface area (TPSA) is 78.5 Å². The van der Waals surface area contributed by atoms with Crippen LogP contribution in [0.5, 0.6) is 0 Å². The molecule has 34 heavy (non-hydrogen) atoms. The summed E-state index contributed by atoms with van der Waals surface area (Å²) in [4.78, 5) is 27.7. The van der Waals surface area contributed by atoms with Gasteiger partial charge in [-0.25, -0.2) is 8.93 Å². The highest BCUT2D eigenvalue weighted by Crippen LogP contribution is 2.26. The molecule has 0 radical (unpaired) electrons. The molecule has 3 aromatic rings. The van der Waals surface area contributed by atoms with Gasteiger partial charge in [0.2, 0.25) is 5.91 Å². The molecule has 1 saturated heterocycles. The molecule has 0 spiro atoms. The lowest BCUT2D eigenvalue weighted by atomic mass is 10.0. The lowest BCUT2D eigenvalue weighted by Gasteiger charge is -2.32. The molecule has 1 fully saturated rings. The number of benzene rings is 3. The van der Waals surface area contributed by atoms with E-state index in [1.54, 1.807) is 12.1 Å². The number of anilines is 1. The van der Waals surface area contributed by atoms with E-state index in [9.17, 15) is 13.8 Å². The summed E-state index contributed by atoms with van der Waals surface area (Å²) >= 11 is 0. The van der Waals surface area contributed by atoms with Crippen LogP contribution in [0.3, 0.4) is 0 Å². The van der Waals surface area contributed by atoms with Crippen LogP contribution in [0.15, 0.2) is 65.6 Å². The highest BCUT2D eigenvalue weighted by Gasteiger charge is 2.24. The van der Waals surface area contributed by atoms with Crippen molar-refractivity contribution in [2.24, 2.45) is 0 Å². The first-order chi connectivity index (χ1) is 16.5. The Labute approximate surface area is 203 Å². The average Bonchev–Trinajstić information content (AvgIpc) is 2.84. The van der Waals surface area contributed by atoms with Crippen LogP contribution in [0.4, 0.5) is 5.69 Å². The number of hydrogen-bond acceptors (Lipinski definition) is 3. The number of fused-ring (bicyclic) bond motifs is 1. The maximum absolute atomic E-state index is 13.3. The van der Waals surface area contributed by atoms with E-state index in [1.165, 1.54) is 0 Å². The molecule has 178 valence electrons. The Morgan fingerprint density at radius 1 is 1.00 bits per heavy atom. The maximum Gasteiger partial charge on any atom is 0.256 e. The standard InChI is InChI=1S/C27H31N3O3S/c1-3-7-26(31)30-16-14-20(15-17-30)29-34(33)25-13-12-24(22-10-4-5-11-23(22)25)27(32)28-21-9-6-8-19(2)18-21/h4-6,8-13,18,20,29H,3,7,14-17H2,1-2H3,(H,28,32). The fourth-order valence-corrected chi connectivity index (χ4v) is 5.62. The monoisotopic (exact) mass is 477 g/mol. The number of aryl methyl sites for hydroxylation is 1. The van der Waals surface area contributed by atoms with Crippen molar-refractivity contribution in [2.45, 2.75) is 50.5 Å². The molecule has 4 rings (SSSR count). The highest BCUT2D eigenvalue weighted by molar-refractivity contribution is 7.83. The smallest absolute Gasteiger partial charge is 0.256 e. The predicted octanol–water partition coefficient (Wildman–Crippen LogP) is 4.80. The molecule has 0 aromatic heterocycles. The number of amides is 2. The van der Waals surface area contributed by atoms with Gasteiger partial charge in [0.15, 0.2) is 0 Å². The second-order valence-electron chi connectivity index (χ2n) is 8.77. The van der Waals surface area contributed by atoms with Crippen molar-refractivity contribution in [1.29, 1.82) is 0 Å². The summed E-state index contributed by atoms with van der Waals surface area (Å²) in [5.41, 5.74) is 2.35. The number of piperidine rings is 1. The minimum atomic E-state index is -1.43. The summed E-state index contributed by atoms with van der Waals surface area (Å²) < 4.78 is 16.5. The van der Waals surface area contributed by atoms with Crippen molar-refractivity contribution < 1.29 is 13.8 Å². The molecule has 1 atom stereocenters. The third-order valence-electron chi connectivity index (χ3n) is 6.19. The molecule has 0 bridgehead atoms. The predicted molar refractivity (Wildman–Crippen MR) is 137 cm³/mol. The van der Waals surface area contributed by atoms with Crippen molar-refractivity contribution in [3.05, 3.63) is 71.8 Å². The van der Waals surface area contributed by atoms with E-state index in [4.69, 9.17) is 0 Å². The number of hydrogen-bond donors (Lipinski definition) is 2. The fourth-order valence-electron chi connectivity index (χ4n) is 4.39. The molecule has 0 saturated carbocycles. The quantitative estimate of drug-likeness (QED) is 0.513. The molecule has 1 unspecified atom stereocenters. The molecule has 6 nitrogen and oxygen atoms in total. The Balaban J connectivity index is 1.49. The van der Waals surface area contributed by atoms with Crippen LogP contribution in [0.2, 0.25) is 0 Å². The third-order valence-corrected chi connectivity index (χ3v) is 7.49.